The fraction of sp³-hybridized carbons (Fsp3) is 0.429. The summed E-state index contributed by atoms with van der Waals surface area (Å²) in [5.41, 5.74) is 0.706. The molecule has 2 aromatic rings. The number of carbonyl (C=O) groups is 1. The predicted octanol–water partition coefficient (Wildman–Crippen LogP) is 1.02. The van der Waals surface area contributed by atoms with Gasteiger partial charge < -0.3 is 15.2 Å². The van der Waals surface area contributed by atoms with Crippen molar-refractivity contribution in [1.82, 2.24) is 15.0 Å². The van der Waals surface area contributed by atoms with Crippen molar-refractivity contribution in [2.24, 2.45) is 0 Å². The van der Waals surface area contributed by atoms with E-state index in [1.807, 2.05) is 6.07 Å². The number of aliphatic hydroxyl groups excluding tert-OH is 1. The molecule has 162 valence electrons. The third-order valence-electron chi connectivity index (χ3n) is 5.01. The number of carbonyl (C=O) groups excluding carboxylic acids is 1. The highest BCUT2D eigenvalue weighted by molar-refractivity contribution is 7.89. The number of rotatable bonds is 9. The molecule has 1 aromatic carbocycles. The van der Waals surface area contributed by atoms with Gasteiger partial charge in [-0.2, -0.15) is 0 Å². The Labute approximate surface area is 176 Å². The minimum absolute atomic E-state index is 0.114. The number of hydrogen-bond acceptors (Lipinski definition) is 6. The fourth-order valence-electron chi connectivity index (χ4n) is 3.45. The lowest BCUT2D eigenvalue weighted by Crippen LogP contribution is -2.51. The van der Waals surface area contributed by atoms with Crippen molar-refractivity contribution in [2.45, 2.75) is 48.8 Å². The molecule has 1 saturated heterocycles. The number of nitrogens with one attached hydrogen (secondary N) is 2. The van der Waals surface area contributed by atoms with Crippen molar-refractivity contribution in [3.63, 3.8) is 0 Å². The first-order valence-corrected chi connectivity index (χ1v) is 11.5. The molecule has 0 spiro atoms. The third-order valence-corrected chi connectivity index (χ3v) is 6.52. The van der Waals surface area contributed by atoms with E-state index in [9.17, 15) is 18.3 Å². The van der Waals surface area contributed by atoms with Gasteiger partial charge in [0.25, 0.3) is 0 Å². The third kappa shape index (κ3) is 6.33. The molecule has 0 saturated carbocycles. The van der Waals surface area contributed by atoms with Crippen molar-refractivity contribution in [3.05, 3.63) is 60.4 Å². The maximum atomic E-state index is 12.5. The average molecular weight is 434 g/mol. The Hall–Kier alpha value is -2.33. The summed E-state index contributed by atoms with van der Waals surface area (Å²) in [6.07, 6.45) is 2.84. The van der Waals surface area contributed by atoms with E-state index in [1.54, 1.807) is 36.5 Å². The lowest BCUT2D eigenvalue weighted by Gasteiger charge is -2.36. The quantitative estimate of drug-likeness (QED) is 0.543. The Morgan fingerprint density at radius 1 is 1.13 bits per heavy atom. The van der Waals surface area contributed by atoms with E-state index in [2.05, 4.69) is 15.0 Å². The zero-order valence-corrected chi connectivity index (χ0v) is 17.4. The second-order valence-corrected chi connectivity index (χ2v) is 8.95. The number of ether oxygens (including phenoxy) is 1. The smallest absolute Gasteiger partial charge is 0.240 e. The molecule has 2 heterocycles. The van der Waals surface area contributed by atoms with Crippen LogP contribution in [0.3, 0.4) is 0 Å². The van der Waals surface area contributed by atoms with Gasteiger partial charge in [0.2, 0.25) is 15.9 Å². The second kappa shape index (κ2) is 10.6. The number of amides is 1. The Morgan fingerprint density at radius 3 is 2.60 bits per heavy atom. The van der Waals surface area contributed by atoms with Gasteiger partial charge in [0.1, 0.15) is 0 Å². The number of benzene rings is 1. The summed E-state index contributed by atoms with van der Waals surface area (Å²) in [5.74, 6) is -0.114. The van der Waals surface area contributed by atoms with E-state index in [0.29, 0.717) is 31.5 Å². The molecule has 30 heavy (non-hydrogen) atoms. The predicted molar refractivity (Wildman–Crippen MR) is 111 cm³/mol. The summed E-state index contributed by atoms with van der Waals surface area (Å²) < 4.78 is 33.6. The van der Waals surface area contributed by atoms with Crippen LogP contribution in [-0.2, 0) is 26.0 Å². The van der Waals surface area contributed by atoms with Crippen molar-refractivity contribution >= 4 is 15.9 Å². The van der Waals surface area contributed by atoms with E-state index in [1.165, 1.54) is 12.1 Å². The van der Waals surface area contributed by atoms with Gasteiger partial charge >= 0.3 is 0 Å². The van der Waals surface area contributed by atoms with Gasteiger partial charge in [-0.05, 0) is 43.5 Å². The van der Waals surface area contributed by atoms with E-state index in [4.69, 9.17) is 4.74 Å². The Bertz CT molecular complexity index is 909. The van der Waals surface area contributed by atoms with Crippen LogP contribution in [0, 0.1) is 0 Å². The maximum Gasteiger partial charge on any atom is 0.240 e. The Balaban J connectivity index is 1.45. The van der Waals surface area contributed by atoms with Gasteiger partial charge in [0, 0.05) is 18.4 Å². The van der Waals surface area contributed by atoms with Gasteiger partial charge in [0.15, 0.2) is 0 Å². The summed E-state index contributed by atoms with van der Waals surface area (Å²) in [6, 6.07) is 13.0. The number of hydrogen-bond donors (Lipinski definition) is 3. The monoisotopic (exact) mass is 433 g/mol. The van der Waals surface area contributed by atoms with Crippen LogP contribution >= 0.6 is 0 Å². The standard InChI is InChI=1S/C21H27N3O5S/c25-15-20-19(24-30(27,28)18-7-2-1-3-8-18)10-9-17(29-20)11-13-23-21(26)14-16-6-4-5-12-22-16/h1-8,12,17,19-20,24-25H,9-11,13-15H2,(H,23,26)/t17-,19-,20-/m1/s1. The molecule has 8 nitrogen and oxygen atoms in total. The molecule has 1 fully saturated rings. The molecule has 1 aliphatic rings. The fourth-order valence-corrected chi connectivity index (χ4v) is 4.77. The van der Waals surface area contributed by atoms with Crippen LogP contribution in [0.25, 0.3) is 0 Å². The zero-order valence-electron chi connectivity index (χ0n) is 16.6. The number of aliphatic hydroxyl groups is 1. The highest BCUT2D eigenvalue weighted by Crippen LogP contribution is 2.23. The van der Waals surface area contributed by atoms with Gasteiger partial charge in [-0.1, -0.05) is 24.3 Å². The molecule has 0 aliphatic carbocycles. The SMILES string of the molecule is O=C(Cc1ccccn1)NCC[C@H]1CC[C@@H](NS(=O)(=O)c2ccccc2)[C@@H](CO)O1. The summed E-state index contributed by atoms with van der Waals surface area (Å²) >= 11 is 0. The Kier molecular flexibility index (Phi) is 7.92. The summed E-state index contributed by atoms with van der Waals surface area (Å²) in [4.78, 5) is 16.3. The molecule has 0 unspecified atom stereocenters. The molecule has 0 bridgehead atoms. The van der Waals surface area contributed by atoms with Crippen LogP contribution in [-0.4, -0.2) is 55.8 Å². The molecular weight excluding hydrogens is 406 g/mol. The molecule has 3 rings (SSSR count). The molecule has 9 heteroatoms. The van der Waals surface area contributed by atoms with Gasteiger partial charge in [-0.15, -0.1) is 0 Å². The number of sulfonamides is 1. The summed E-state index contributed by atoms with van der Waals surface area (Å²) in [6.45, 7) is 0.152. The zero-order chi connectivity index (χ0) is 21.4. The molecule has 3 atom stereocenters. The number of pyridine rings is 1. The van der Waals surface area contributed by atoms with Gasteiger partial charge in [-0.3, -0.25) is 9.78 Å². The van der Waals surface area contributed by atoms with E-state index < -0.39 is 22.2 Å². The van der Waals surface area contributed by atoms with Crippen LogP contribution in [0.2, 0.25) is 0 Å². The first-order valence-electron chi connectivity index (χ1n) is 9.98. The van der Waals surface area contributed by atoms with Crippen molar-refractivity contribution < 1.29 is 23.1 Å². The first kappa shape index (κ1) is 22.4. The van der Waals surface area contributed by atoms with Crippen molar-refractivity contribution in [1.29, 1.82) is 0 Å². The number of nitrogens with zero attached hydrogens (tertiary/aromatic N) is 1. The minimum atomic E-state index is -3.68. The minimum Gasteiger partial charge on any atom is -0.394 e. The Morgan fingerprint density at radius 2 is 1.90 bits per heavy atom. The summed E-state index contributed by atoms with van der Waals surface area (Å²) in [7, 11) is -3.68. The van der Waals surface area contributed by atoms with Crippen LogP contribution < -0.4 is 10.0 Å². The van der Waals surface area contributed by atoms with E-state index >= 15 is 0 Å². The van der Waals surface area contributed by atoms with Gasteiger partial charge in [-0.25, -0.2) is 13.1 Å². The first-order chi connectivity index (χ1) is 14.5. The molecule has 1 aliphatic heterocycles. The highest BCUT2D eigenvalue weighted by atomic mass is 32.2. The second-order valence-electron chi connectivity index (χ2n) is 7.23. The molecular formula is C21H27N3O5S. The molecule has 1 amide bonds. The average Bonchev–Trinajstić information content (AvgIpc) is 2.76. The lowest BCUT2D eigenvalue weighted by molar-refractivity contribution is -0.121. The van der Waals surface area contributed by atoms with E-state index in [-0.39, 0.29) is 29.9 Å². The van der Waals surface area contributed by atoms with Crippen molar-refractivity contribution in [3.8, 4) is 0 Å². The highest BCUT2D eigenvalue weighted by Gasteiger charge is 2.33. The normalized spacial score (nSPS) is 21.8. The lowest BCUT2D eigenvalue weighted by atomic mass is 9.98. The summed E-state index contributed by atoms with van der Waals surface area (Å²) in [5, 5.41) is 12.5. The molecule has 3 N–H and O–H groups in total. The number of aromatic nitrogens is 1. The van der Waals surface area contributed by atoms with Crippen LogP contribution in [0.4, 0.5) is 0 Å². The largest absolute Gasteiger partial charge is 0.394 e. The van der Waals surface area contributed by atoms with Crippen molar-refractivity contribution in [2.75, 3.05) is 13.2 Å². The molecule has 1 aromatic heterocycles. The topological polar surface area (TPSA) is 118 Å². The van der Waals surface area contributed by atoms with Gasteiger partial charge in [0.05, 0.1) is 36.2 Å². The van der Waals surface area contributed by atoms with Crippen LogP contribution in [0.5, 0.6) is 0 Å². The van der Waals surface area contributed by atoms with Crippen LogP contribution in [0.1, 0.15) is 25.0 Å². The van der Waals surface area contributed by atoms with E-state index in [0.717, 1.165) is 0 Å². The molecule has 0 radical (unpaired) electrons. The maximum absolute atomic E-state index is 12.5. The van der Waals surface area contributed by atoms with Crippen LogP contribution in [0.15, 0.2) is 59.6 Å².